The van der Waals surface area contributed by atoms with Crippen LogP contribution in [0.25, 0.3) is 0 Å². The molecule has 78 valence electrons. The molecule has 0 atom stereocenters. The van der Waals surface area contributed by atoms with E-state index in [1.807, 2.05) is 0 Å². The molecule has 1 rings (SSSR count). The van der Waals surface area contributed by atoms with E-state index in [-0.39, 0.29) is 9.84 Å². The molecule has 0 N–H and O–H groups in total. The second-order valence-electron chi connectivity index (χ2n) is 4.42. The first-order valence-electron chi connectivity index (χ1n) is 5.62. The van der Waals surface area contributed by atoms with Crippen LogP contribution in [0.1, 0.15) is 39.0 Å². The number of rotatable bonds is 4. The Morgan fingerprint density at radius 3 is 2.31 bits per heavy atom. The van der Waals surface area contributed by atoms with Crippen LogP contribution in [0.2, 0.25) is 0 Å². The van der Waals surface area contributed by atoms with Crippen molar-refractivity contribution in [3.8, 4) is 0 Å². The summed E-state index contributed by atoms with van der Waals surface area (Å²) in [4.78, 5) is 0. The predicted molar refractivity (Wildman–Crippen MR) is 69.5 cm³/mol. The lowest BCUT2D eigenvalue weighted by molar-refractivity contribution is 0.261. The van der Waals surface area contributed by atoms with E-state index in [0.717, 1.165) is 6.04 Å². The molecule has 0 radical (unpaired) electrons. The molecule has 0 saturated heterocycles. The summed E-state index contributed by atoms with van der Waals surface area (Å²) in [6.07, 6.45) is 7.42. The molecule has 1 fully saturated rings. The number of hydrogen-bond donors (Lipinski definition) is 0. The van der Waals surface area contributed by atoms with Crippen molar-refractivity contribution >= 4 is 30.7 Å². The Balaban J connectivity index is 2.34. The van der Waals surface area contributed by atoms with Crippen molar-refractivity contribution in [3.05, 3.63) is 0 Å². The van der Waals surface area contributed by atoms with E-state index < -0.39 is 0 Å². The zero-order valence-electron chi connectivity index (χ0n) is 9.42. The van der Waals surface area contributed by atoms with Gasteiger partial charge < -0.3 is 8.46 Å². The Labute approximate surface area is 91.0 Å². The topological polar surface area (TPSA) is 6.48 Å². The molecule has 0 aliphatic heterocycles. The lowest BCUT2D eigenvalue weighted by Gasteiger charge is -2.35. The Morgan fingerprint density at radius 2 is 1.85 bits per heavy atom. The molecule has 1 saturated carbocycles. The average Bonchev–Trinajstić information content (AvgIpc) is 2.15. The molecule has 13 heavy (non-hydrogen) atoms. The normalized spacial score (nSPS) is 21.5. The summed E-state index contributed by atoms with van der Waals surface area (Å²) < 4.78 is 5.51. The first-order valence-corrected chi connectivity index (χ1v) is 8.68. The molecule has 0 bridgehead atoms. The van der Waals surface area contributed by atoms with Gasteiger partial charge in [0.1, 0.15) is 0 Å². The summed E-state index contributed by atoms with van der Waals surface area (Å²) in [6.45, 7) is 3.64. The molecular weight excluding hydrogens is 208 g/mol. The second-order valence-corrected chi connectivity index (χ2v) is 14.2. The maximum atomic E-state index is 2.82. The van der Waals surface area contributed by atoms with Gasteiger partial charge >= 0.3 is 0 Å². The van der Waals surface area contributed by atoms with E-state index in [1.165, 1.54) is 59.5 Å². The SMILES string of the molecule is CCN([SiH2]N([SiH3])[SiH3])C1CCCCC1. The fraction of sp³-hybridized carbons (Fsp3) is 1.00. The average molecular weight is 233 g/mol. The van der Waals surface area contributed by atoms with E-state index in [0.29, 0.717) is 0 Å². The molecule has 2 nitrogen and oxygen atoms in total. The van der Waals surface area contributed by atoms with Gasteiger partial charge in [0.15, 0.2) is 9.84 Å². The molecule has 1 aliphatic rings. The summed E-state index contributed by atoms with van der Waals surface area (Å²) in [7, 11) is 2.62. The summed E-state index contributed by atoms with van der Waals surface area (Å²) in [5.41, 5.74) is 0. The van der Waals surface area contributed by atoms with E-state index in [9.17, 15) is 0 Å². The first kappa shape index (κ1) is 11.6. The van der Waals surface area contributed by atoms with Crippen LogP contribution in [0.15, 0.2) is 0 Å². The zero-order valence-corrected chi connectivity index (χ0v) is 14.8. The Kier molecular flexibility index (Phi) is 5.49. The van der Waals surface area contributed by atoms with E-state index >= 15 is 0 Å². The van der Waals surface area contributed by atoms with Crippen molar-refractivity contribution in [2.75, 3.05) is 6.54 Å². The minimum absolute atomic E-state index is 0.00532. The predicted octanol–water partition coefficient (Wildman–Crippen LogP) is -1.50. The van der Waals surface area contributed by atoms with Crippen LogP contribution in [-0.2, 0) is 0 Å². The molecule has 0 aromatic rings. The monoisotopic (exact) mass is 232 g/mol. The fourth-order valence-corrected chi connectivity index (χ4v) is 5.99. The van der Waals surface area contributed by atoms with Gasteiger partial charge in [-0.15, -0.1) is 0 Å². The highest BCUT2D eigenvalue weighted by atomic mass is 28.3. The molecule has 5 heteroatoms. The molecule has 0 unspecified atom stereocenters. The van der Waals surface area contributed by atoms with Crippen molar-refractivity contribution in [1.82, 2.24) is 8.46 Å². The maximum absolute atomic E-state index is 2.82. The van der Waals surface area contributed by atoms with Gasteiger partial charge in [0.2, 0.25) is 0 Å². The standard InChI is InChI=1S/C8H24N2Si3/c1-2-9(13-10(11)12)8-6-4-3-5-7-8/h8H,2-7,13H2,1,11-12H3. The largest absolute Gasteiger partial charge is 0.376 e. The quantitative estimate of drug-likeness (QED) is 0.545. The minimum Gasteiger partial charge on any atom is -0.376 e. The summed E-state index contributed by atoms with van der Waals surface area (Å²) in [6, 6.07) is 0.968. The van der Waals surface area contributed by atoms with Crippen LogP contribution < -0.4 is 0 Å². The smallest absolute Gasteiger partial charge is 0.158 e. The van der Waals surface area contributed by atoms with Gasteiger partial charge in [-0.05, 0) is 19.4 Å². The van der Waals surface area contributed by atoms with Gasteiger partial charge in [-0.3, -0.25) is 0 Å². The lowest BCUT2D eigenvalue weighted by Crippen LogP contribution is -2.45. The van der Waals surface area contributed by atoms with Gasteiger partial charge in [0, 0.05) is 6.04 Å². The van der Waals surface area contributed by atoms with Crippen LogP contribution in [0.4, 0.5) is 0 Å². The van der Waals surface area contributed by atoms with Crippen LogP contribution in [-0.4, -0.2) is 51.7 Å². The second kappa shape index (κ2) is 6.13. The first-order chi connectivity index (χ1) is 6.24. The van der Waals surface area contributed by atoms with Crippen molar-refractivity contribution in [3.63, 3.8) is 0 Å². The van der Waals surface area contributed by atoms with Crippen LogP contribution in [0, 0.1) is 0 Å². The summed E-state index contributed by atoms with van der Waals surface area (Å²) in [5, 5.41) is 0. The van der Waals surface area contributed by atoms with Gasteiger partial charge in [0.25, 0.3) is 0 Å². The molecule has 1 aliphatic carbocycles. The number of nitrogens with zero attached hydrogens (tertiary/aromatic N) is 2. The Bertz CT molecular complexity index is 137. The highest BCUT2D eigenvalue weighted by molar-refractivity contribution is 6.50. The molecule has 0 aromatic heterocycles. The Hall–Kier alpha value is 0.571. The van der Waals surface area contributed by atoms with Crippen molar-refractivity contribution < 1.29 is 0 Å². The third kappa shape index (κ3) is 4.07. The third-order valence-electron chi connectivity index (χ3n) is 2.96. The maximum Gasteiger partial charge on any atom is 0.158 e. The minimum atomic E-state index is 0.00532. The molecule has 0 spiro atoms. The van der Waals surface area contributed by atoms with E-state index in [2.05, 4.69) is 15.4 Å². The molecule has 0 aromatic carbocycles. The summed E-state index contributed by atoms with van der Waals surface area (Å²) in [5.74, 6) is 0. The highest BCUT2D eigenvalue weighted by Gasteiger charge is 2.19. The van der Waals surface area contributed by atoms with Crippen LogP contribution in [0.3, 0.4) is 0 Å². The lowest BCUT2D eigenvalue weighted by atomic mass is 9.95. The van der Waals surface area contributed by atoms with Gasteiger partial charge in [-0.25, -0.2) is 0 Å². The number of hydrogen-bond acceptors (Lipinski definition) is 2. The van der Waals surface area contributed by atoms with E-state index in [4.69, 9.17) is 0 Å². The van der Waals surface area contributed by atoms with Gasteiger partial charge in [-0.2, -0.15) is 0 Å². The van der Waals surface area contributed by atoms with Crippen molar-refractivity contribution in [2.24, 2.45) is 0 Å². The third-order valence-corrected chi connectivity index (χ3v) is 6.55. The molecular formula is C8H24N2Si3. The highest BCUT2D eigenvalue weighted by Crippen LogP contribution is 2.21. The Morgan fingerprint density at radius 1 is 1.23 bits per heavy atom. The fourth-order valence-electron chi connectivity index (χ4n) is 2.28. The molecule has 0 heterocycles. The zero-order chi connectivity index (χ0) is 9.68. The summed E-state index contributed by atoms with van der Waals surface area (Å²) >= 11 is 0. The van der Waals surface area contributed by atoms with Gasteiger partial charge in [-0.1, -0.05) is 26.2 Å². The van der Waals surface area contributed by atoms with Crippen molar-refractivity contribution in [1.29, 1.82) is 0 Å². The van der Waals surface area contributed by atoms with Crippen molar-refractivity contribution in [2.45, 2.75) is 45.1 Å². The van der Waals surface area contributed by atoms with Gasteiger partial charge in [0.05, 0.1) is 20.8 Å². The molecule has 0 amide bonds. The van der Waals surface area contributed by atoms with E-state index in [1.54, 1.807) is 0 Å². The van der Waals surface area contributed by atoms with Crippen LogP contribution >= 0.6 is 0 Å². The van der Waals surface area contributed by atoms with Crippen LogP contribution in [0.5, 0.6) is 0 Å².